The number of aromatic hydroxyl groups is 1. The van der Waals surface area contributed by atoms with Crippen molar-refractivity contribution in [2.24, 2.45) is 5.92 Å². The predicted octanol–water partition coefficient (Wildman–Crippen LogP) is 2.15. The summed E-state index contributed by atoms with van der Waals surface area (Å²) in [5.41, 5.74) is 0.140. The highest BCUT2D eigenvalue weighted by molar-refractivity contribution is 5.97. The Hall–Kier alpha value is -2.11. The minimum Gasteiger partial charge on any atom is -0.507 e. The average Bonchev–Trinajstić information content (AvgIpc) is 3.38. The summed E-state index contributed by atoms with van der Waals surface area (Å²) in [6.45, 7) is 1.16. The van der Waals surface area contributed by atoms with E-state index in [1.54, 1.807) is 4.90 Å². The number of rotatable bonds is 2. The number of carbonyl (C=O) groups excluding carboxylic acids is 2. The van der Waals surface area contributed by atoms with Gasteiger partial charge >= 0.3 is 0 Å². The fraction of sp³-hybridized carbons (Fsp3) is 0.556. The Morgan fingerprint density at radius 1 is 1.21 bits per heavy atom. The molecular formula is C18H21FN2O3. The molecular weight excluding hydrogens is 311 g/mol. The van der Waals surface area contributed by atoms with Crippen LogP contribution in [0.25, 0.3) is 0 Å². The molecule has 2 aliphatic heterocycles. The summed E-state index contributed by atoms with van der Waals surface area (Å²) in [7, 11) is 0. The maximum Gasteiger partial charge on any atom is 0.257 e. The molecule has 24 heavy (non-hydrogen) atoms. The molecule has 6 heteroatoms. The molecule has 0 spiro atoms. The second kappa shape index (κ2) is 5.76. The molecule has 1 aliphatic carbocycles. The van der Waals surface area contributed by atoms with Crippen molar-refractivity contribution < 1.29 is 19.1 Å². The van der Waals surface area contributed by atoms with Crippen molar-refractivity contribution in [3.05, 3.63) is 29.6 Å². The first-order valence-corrected chi connectivity index (χ1v) is 8.63. The highest BCUT2D eigenvalue weighted by Crippen LogP contribution is 2.39. The molecule has 0 unspecified atom stereocenters. The van der Waals surface area contributed by atoms with Gasteiger partial charge in [0.1, 0.15) is 11.6 Å². The summed E-state index contributed by atoms with van der Waals surface area (Å²) in [5, 5.41) is 9.84. The lowest BCUT2D eigenvalue weighted by molar-refractivity contribution is -0.141. The Labute approximate surface area is 140 Å². The van der Waals surface area contributed by atoms with E-state index >= 15 is 0 Å². The van der Waals surface area contributed by atoms with E-state index in [-0.39, 0.29) is 29.2 Å². The molecule has 1 aromatic rings. The number of benzene rings is 1. The lowest BCUT2D eigenvalue weighted by Crippen LogP contribution is -2.57. The van der Waals surface area contributed by atoms with Crippen molar-refractivity contribution in [3.63, 3.8) is 0 Å². The minimum absolute atomic E-state index is 0.140. The van der Waals surface area contributed by atoms with Crippen molar-refractivity contribution in [3.8, 4) is 5.75 Å². The van der Waals surface area contributed by atoms with Gasteiger partial charge in [0.2, 0.25) is 5.91 Å². The molecule has 1 N–H and O–H groups in total. The van der Waals surface area contributed by atoms with E-state index in [0.29, 0.717) is 31.5 Å². The summed E-state index contributed by atoms with van der Waals surface area (Å²) in [4.78, 5) is 28.7. The van der Waals surface area contributed by atoms with Gasteiger partial charge in [-0.3, -0.25) is 9.59 Å². The standard InChI is InChI=1S/C18H21FN2O3/c19-12-2-5-14(16(22)9-12)18(24)20-8-7-15-11(10-20)1-6-17(23)21(15)13-3-4-13/h2,5,9,11,13,15,22H,1,3-4,6-8,10H2/t11-,15-/m0/s1. The fourth-order valence-electron chi connectivity index (χ4n) is 4.16. The van der Waals surface area contributed by atoms with Gasteiger partial charge in [0.15, 0.2) is 0 Å². The first-order chi connectivity index (χ1) is 11.5. The largest absolute Gasteiger partial charge is 0.507 e. The van der Waals surface area contributed by atoms with E-state index in [1.165, 1.54) is 12.1 Å². The molecule has 3 aliphatic rings. The van der Waals surface area contributed by atoms with Crippen LogP contribution in [0.15, 0.2) is 18.2 Å². The molecule has 0 bridgehead atoms. The third kappa shape index (κ3) is 2.64. The fourth-order valence-corrected chi connectivity index (χ4v) is 4.16. The highest BCUT2D eigenvalue weighted by Gasteiger charge is 2.45. The molecule has 2 atom stereocenters. The quantitative estimate of drug-likeness (QED) is 0.903. The lowest BCUT2D eigenvalue weighted by atomic mass is 9.83. The van der Waals surface area contributed by atoms with Crippen LogP contribution in [0.4, 0.5) is 4.39 Å². The number of carbonyl (C=O) groups is 2. The number of piperidine rings is 2. The molecule has 3 fully saturated rings. The van der Waals surface area contributed by atoms with E-state index in [1.807, 2.05) is 0 Å². The Morgan fingerprint density at radius 2 is 2.00 bits per heavy atom. The summed E-state index contributed by atoms with van der Waals surface area (Å²) in [5.74, 6) is -0.590. The molecule has 4 rings (SSSR count). The maximum atomic E-state index is 13.1. The third-order valence-electron chi connectivity index (χ3n) is 5.49. The molecule has 5 nitrogen and oxygen atoms in total. The van der Waals surface area contributed by atoms with Gasteiger partial charge in [-0.1, -0.05) is 0 Å². The predicted molar refractivity (Wildman–Crippen MR) is 85.0 cm³/mol. The van der Waals surface area contributed by atoms with E-state index in [2.05, 4.69) is 4.90 Å². The van der Waals surface area contributed by atoms with Crippen LogP contribution in [-0.2, 0) is 4.79 Å². The van der Waals surface area contributed by atoms with Crippen LogP contribution in [0.5, 0.6) is 5.75 Å². The van der Waals surface area contributed by atoms with Crippen LogP contribution in [0, 0.1) is 11.7 Å². The van der Waals surface area contributed by atoms with Gasteiger partial charge in [0.25, 0.3) is 5.91 Å². The topological polar surface area (TPSA) is 60.9 Å². The van der Waals surface area contributed by atoms with E-state index in [4.69, 9.17) is 0 Å². The van der Waals surface area contributed by atoms with Gasteiger partial charge in [-0.05, 0) is 43.7 Å². The van der Waals surface area contributed by atoms with Gasteiger partial charge in [0, 0.05) is 37.7 Å². The van der Waals surface area contributed by atoms with Crippen molar-refractivity contribution in [2.75, 3.05) is 13.1 Å². The van der Waals surface area contributed by atoms with Crippen LogP contribution >= 0.6 is 0 Å². The Kier molecular flexibility index (Phi) is 3.70. The number of hydrogen-bond donors (Lipinski definition) is 1. The Bertz CT molecular complexity index is 689. The highest BCUT2D eigenvalue weighted by atomic mass is 19.1. The van der Waals surface area contributed by atoms with Crippen LogP contribution in [-0.4, -0.2) is 51.9 Å². The van der Waals surface area contributed by atoms with Gasteiger partial charge in [-0.2, -0.15) is 0 Å². The second-order valence-electron chi connectivity index (χ2n) is 7.10. The number of phenols is 1. The smallest absolute Gasteiger partial charge is 0.257 e. The number of halogens is 1. The lowest BCUT2D eigenvalue weighted by Gasteiger charge is -2.47. The van der Waals surface area contributed by atoms with Gasteiger partial charge in [-0.15, -0.1) is 0 Å². The van der Waals surface area contributed by atoms with Gasteiger partial charge < -0.3 is 14.9 Å². The first kappa shape index (κ1) is 15.4. The van der Waals surface area contributed by atoms with E-state index in [9.17, 15) is 19.1 Å². The van der Waals surface area contributed by atoms with E-state index in [0.717, 1.165) is 31.7 Å². The van der Waals surface area contributed by atoms with Crippen molar-refractivity contribution >= 4 is 11.8 Å². The van der Waals surface area contributed by atoms with Gasteiger partial charge in [-0.25, -0.2) is 4.39 Å². The molecule has 128 valence electrons. The maximum absolute atomic E-state index is 13.1. The second-order valence-corrected chi connectivity index (χ2v) is 7.10. The van der Waals surface area contributed by atoms with E-state index < -0.39 is 5.82 Å². The zero-order chi connectivity index (χ0) is 16.8. The SMILES string of the molecule is O=C(c1ccc(F)cc1O)N1CC[C@H]2[C@@H](CCC(=O)N2C2CC2)C1. The molecule has 0 aromatic heterocycles. The zero-order valence-electron chi connectivity index (χ0n) is 13.4. The molecule has 2 saturated heterocycles. The summed E-state index contributed by atoms with van der Waals surface area (Å²) < 4.78 is 13.1. The van der Waals surface area contributed by atoms with Crippen LogP contribution in [0.2, 0.25) is 0 Å². The van der Waals surface area contributed by atoms with Crippen molar-refractivity contribution in [1.29, 1.82) is 0 Å². The molecule has 1 saturated carbocycles. The minimum atomic E-state index is -0.561. The van der Waals surface area contributed by atoms with Crippen molar-refractivity contribution in [2.45, 2.75) is 44.2 Å². The molecule has 0 radical (unpaired) electrons. The average molecular weight is 332 g/mol. The number of phenolic OH excluding ortho intramolecular Hbond substituents is 1. The number of amides is 2. The van der Waals surface area contributed by atoms with Crippen LogP contribution < -0.4 is 0 Å². The van der Waals surface area contributed by atoms with Gasteiger partial charge in [0.05, 0.1) is 5.56 Å². The normalized spacial score (nSPS) is 27.1. The number of nitrogens with zero attached hydrogens (tertiary/aromatic N) is 2. The Morgan fingerprint density at radius 3 is 2.71 bits per heavy atom. The van der Waals surface area contributed by atoms with Crippen LogP contribution in [0.1, 0.15) is 42.5 Å². The third-order valence-corrected chi connectivity index (χ3v) is 5.49. The number of hydrogen-bond acceptors (Lipinski definition) is 3. The Balaban J connectivity index is 1.50. The number of likely N-dealkylation sites (tertiary alicyclic amines) is 2. The van der Waals surface area contributed by atoms with Crippen LogP contribution in [0.3, 0.4) is 0 Å². The first-order valence-electron chi connectivity index (χ1n) is 8.63. The zero-order valence-corrected chi connectivity index (χ0v) is 13.4. The summed E-state index contributed by atoms with van der Waals surface area (Å²) >= 11 is 0. The molecule has 2 heterocycles. The molecule has 2 amide bonds. The monoisotopic (exact) mass is 332 g/mol. The summed E-state index contributed by atoms with van der Waals surface area (Å²) in [6.07, 6.45) is 4.34. The number of fused-ring (bicyclic) bond motifs is 1. The van der Waals surface area contributed by atoms with Crippen molar-refractivity contribution in [1.82, 2.24) is 9.80 Å². The summed E-state index contributed by atoms with van der Waals surface area (Å²) in [6, 6.07) is 4.14. The molecule has 1 aromatic carbocycles.